The number of pyridine rings is 1. The quantitative estimate of drug-likeness (QED) is 0.584. The Morgan fingerprint density at radius 2 is 1.96 bits per heavy atom. The Morgan fingerprint density at radius 3 is 2.71 bits per heavy atom. The van der Waals surface area contributed by atoms with E-state index >= 15 is 0 Å². The Kier molecular flexibility index (Phi) is 6.01. The molecule has 0 bridgehead atoms. The average molecular weight is 382 g/mol. The molecule has 0 aliphatic rings. The van der Waals surface area contributed by atoms with E-state index in [9.17, 15) is 14.0 Å². The van der Waals surface area contributed by atoms with Crippen molar-refractivity contribution in [2.24, 2.45) is 0 Å². The molecule has 0 spiro atoms. The number of halogens is 1. The van der Waals surface area contributed by atoms with Gasteiger partial charge in [0.15, 0.2) is 0 Å². The fraction of sp³-hybridized carbons (Fsp3) is 0.150. The Bertz CT molecular complexity index is 960. The van der Waals surface area contributed by atoms with Gasteiger partial charge in [-0.2, -0.15) is 0 Å². The molecule has 1 atom stereocenters. The maximum atomic E-state index is 13.9. The molecule has 8 heteroatoms. The second-order valence-electron chi connectivity index (χ2n) is 6.00. The van der Waals surface area contributed by atoms with Crippen LogP contribution in [0.5, 0.6) is 0 Å². The topological polar surface area (TPSA) is 96.3 Å². The van der Waals surface area contributed by atoms with Gasteiger partial charge in [0, 0.05) is 6.20 Å². The summed E-state index contributed by atoms with van der Waals surface area (Å²) in [6.45, 7) is 1.79. The van der Waals surface area contributed by atoms with E-state index in [0.29, 0.717) is 5.76 Å². The Balaban J connectivity index is 1.65. The molecule has 0 saturated heterocycles. The fourth-order valence-electron chi connectivity index (χ4n) is 2.46. The summed E-state index contributed by atoms with van der Waals surface area (Å²) in [5, 5.41) is 8.09. The number of nitrogens with zero attached hydrogens (tertiary/aromatic N) is 1. The summed E-state index contributed by atoms with van der Waals surface area (Å²) in [6.07, 6.45) is 3.00. The summed E-state index contributed by atoms with van der Waals surface area (Å²) in [6, 6.07) is 11.9. The number of hydrogen-bond donors (Lipinski definition) is 3. The van der Waals surface area contributed by atoms with Crippen LogP contribution in [-0.4, -0.2) is 22.8 Å². The number of anilines is 2. The van der Waals surface area contributed by atoms with Gasteiger partial charge in [-0.15, -0.1) is 0 Å². The minimum absolute atomic E-state index is 0.188. The number of carbonyl (C=O) groups excluding carboxylic acids is 2. The lowest BCUT2D eigenvalue weighted by atomic mass is 10.2. The van der Waals surface area contributed by atoms with Crippen molar-refractivity contribution < 1.29 is 18.4 Å². The van der Waals surface area contributed by atoms with Gasteiger partial charge in [-0.25, -0.2) is 9.37 Å². The second-order valence-corrected chi connectivity index (χ2v) is 6.00. The SMILES string of the molecule is CC(NC(=O)c1cccnc1Nc1ccccc1F)C(=O)NCc1ccco1. The molecule has 144 valence electrons. The smallest absolute Gasteiger partial charge is 0.255 e. The summed E-state index contributed by atoms with van der Waals surface area (Å²) in [5.74, 6) is -0.543. The van der Waals surface area contributed by atoms with E-state index in [2.05, 4.69) is 20.9 Å². The lowest BCUT2D eigenvalue weighted by Gasteiger charge is -2.15. The van der Waals surface area contributed by atoms with Gasteiger partial charge in [0.2, 0.25) is 5.91 Å². The number of aromatic nitrogens is 1. The molecule has 3 aromatic rings. The van der Waals surface area contributed by atoms with Gasteiger partial charge in [-0.3, -0.25) is 9.59 Å². The van der Waals surface area contributed by atoms with Crippen LogP contribution in [0.25, 0.3) is 0 Å². The van der Waals surface area contributed by atoms with Crippen molar-refractivity contribution in [2.45, 2.75) is 19.5 Å². The molecule has 3 rings (SSSR count). The zero-order valence-electron chi connectivity index (χ0n) is 15.1. The van der Waals surface area contributed by atoms with E-state index in [4.69, 9.17) is 4.42 Å². The molecule has 2 aromatic heterocycles. The fourth-order valence-corrected chi connectivity index (χ4v) is 2.46. The van der Waals surface area contributed by atoms with E-state index in [1.54, 1.807) is 43.3 Å². The van der Waals surface area contributed by atoms with E-state index in [1.807, 2.05) is 0 Å². The van der Waals surface area contributed by atoms with Gasteiger partial charge in [0.05, 0.1) is 24.1 Å². The van der Waals surface area contributed by atoms with Crippen molar-refractivity contribution in [2.75, 3.05) is 5.32 Å². The monoisotopic (exact) mass is 382 g/mol. The molecule has 2 heterocycles. The van der Waals surface area contributed by atoms with Crippen LogP contribution < -0.4 is 16.0 Å². The molecule has 2 amide bonds. The first kappa shape index (κ1) is 19.1. The molecular weight excluding hydrogens is 363 g/mol. The van der Waals surface area contributed by atoms with E-state index < -0.39 is 17.8 Å². The lowest BCUT2D eigenvalue weighted by molar-refractivity contribution is -0.122. The standard InChI is InChI=1S/C20H19FN4O3/c1-13(19(26)23-12-14-6-5-11-28-14)24-20(27)15-7-4-10-22-18(15)25-17-9-3-2-8-16(17)21/h2-11,13H,12H2,1H3,(H,22,25)(H,23,26)(H,24,27). The number of furan rings is 1. The van der Waals surface area contributed by atoms with Gasteiger partial charge >= 0.3 is 0 Å². The van der Waals surface area contributed by atoms with Crippen LogP contribution in [0.2, 0.25) is 0 Å². The molecule has 3 N–H and O–H groups in total. The van der Waals surface area contributed by atoms with Crippen LogP contribution in [0.4, 0.5) is 15.9 Å². The third-order valence-corrected chi connectivity index (χ3v) is 3.94. The molecule has 28 heavy (non-hydrogen) atoms. The summed E-state index contributed by atoms with van der Waals surface area (Å²) in [7, 11) is 0. The van der Waals surface area contributed by atoms with Crippen LogP contribution in [0.3, 0.4) is 0 Å². The molecule has 0 radical (unpaired) electrons. The normalized spacial score (nSPS) is 11.5. The predicted molar refractivity (Wildman–Crippen MR) is 101 cm³/mol. The summed E-state index contributed by atoms with van der Waals surface area (Å²) in [5.41, 5.74) is 0.385. The lowest BCUT2D eigenvalue weighted by Crippen LogP contribution is -2.44. The Morgan fingerprint density at radius 1 is 1.14 bits per heavy atom. The second kappa shape index (κ2) is 8.81. The first-order chi connectivity index (χ1) is 13.5. The van der Waals surface area contributed by atoms with E-state index in [1.165, 1.54) is 24.6 Å². The predicted octanol–water partition coefficient (Wildman–Crippen LogP) is 2.99. The third-order valence-electron chi connectivity index (χ3n) is 3.94. The van der Waals surface area contributed by atoms with Gasteiger partial charge < -0.3 is 20.4 Å². The van der Waals surface area contributed by atoms with Crippen LogP contribution in [-0.2, 0) is 11.3 Å². The average Bonchev–Trinajstić information content (AvgIpc) is 3.22. The van der Waals surface area contributed by atoms with Gasteiger partial charge in [-0.1, -0.05) is 12.1 Å². The molecule has 1 aromatic carbocycles. The van der Waals surface area contributed by atoms with Gasteiger partial charge in [-0.05, 0) is 43.3 Å². The number of carbonyl (C=O) groups is 2. The first-order valence-electron chi connectivity index (χ1n) is 8.62. The van der Waals surface area contributed by atoms with Crippen molar-refractivity contribution in [3.05, 3.63) is 78.1 Å². The van der Waals surface area contributed by atoms with Crippen molar-refractivity contribution in [1.29, 1.82) is 0 Å². The van der Waals surface area contributed by atoms with Gasteiger partial charge in [0.1, 0.15) is 23.4 Å². The van der Waals surface area contributed by atoms with Crippen molar-refractivity contribution in [1.82, 2.24) is 15.6 Å². The highest BCUT2D eigenvalue weighted by Gasteiger charge is 2.19. The zero-order chi connectivity index (χ0) is 19.9. The maximum Gasteiger partial charge on any atom is 0.255 e. The molecular formula is C20H19FN4O3. The minimum atomic E-state index is -0.788. The van der Waals surface area contributed by atoms with Crippen LogP contribution in [0.15, 0.2) is 65.4 Å². The highest BCUT2D eigenvalue weighted by atomic mass is 19.1. The largest absolute Gasteiger partial charge is 0.467 e. The van der Waals surface area contributed by atoms with Crippen LogP contribution in [0.1, 0.15) is 23.0 Å². The maximum absolute atomic E-state index is 13.9. The third kappa shape index (κ3) is 4.73. The van der Waals surface area contributed by atoms with Crippen molar-refractivity contribution in [3.8, 4) is 0 Å². The number of para-hydroxylation sites is 1. The molecule has 0 aliphatic heterocycles. The highest BCUT2D eigenvalue weighted by molar-refractivity contribution is 6.01. The number of hydrogen-bond acceptors (Lipinski definition) is 5. The number of amides is 2. The number of rotatable bonds is 7. The summed E-state index contributed by atoms with van der Waals surface area (Å²) >= 11 is 0. The first-order valence-corrected chi connectivity index (χ1v) is 8.62. The summed E-state index contributed by atoms with van der Waals surface area (Å²) < 4.78 is 19.0. The van der Waals surface area contributed by atoms with E-state index in [-0.39, 0.29) is 29.5 Å². The van der Waals surface area contributed by atoms with Crippen LogP contribution in [0, 0.1) is 5.82 Å². The van der Waals surface area contributed by atoms with Gasteiger partial charge in [0.25, 0.3) is 5.91 Å². The molecule has 0 aliphatic carbocycles. The zero-order valence-corrected chi connectivity index (χ0v) is 15.1. The molecule has 7 nitrogen and oxygen atoms in total. The van der Waals surface area contributed by atoms with Crippen LogP contribution >= 0.6 is 0 Å². The van der Waals surface area contributed by atoms with Crippen molar-refractivity contribution in [3.63, 3.8) is 0 Å². The van der Waals surface area contributed by atoms with E-state index in [0.717, 1.165) is 0 Å². The summed E-state index contributed by atoms with van der Waals surface area (Å²) in [4.78, 5) is 28.9. The Hall–Kier alpha value is -3.68. The molecule has 0 fully saturated rings. The molecule has 0 saturated carbocycles. The highest BCUT2D eigenvalue weighted by Crippen LogP contribution is 2.21. The Labute approximate surface area is 161 Å². The minimum Gasteiger partial charge on any atom is -0.467 e. The molecule has 1 unspecified atom stereocenters. The number of nitrogens with one attached hydrogen (secondary N) is 3. The van der Waals surface area contributed by atoms with Crippen molar-refractivity contribution >= 4 is 23.3 Å². The number of benzene rings is 1.